The lowest BCUT2D eigenvalue weighted by molar-refractivity contribution is -0.153. The highest BCUT2D eigenvalue weighted by Gasteiger charge is 2.39. The molecule has 0 aromatic heterocycles. The molecule has 5 heteroatoms. The predicted octanol–water partition coefficient (Wildman–Crippen LogP) is 1.72. The Labute approximate surface area is 121 Å². The van der Waals surface area contributed by atoms with Crippen molar-refractivity contribution < 1.29 is 14.7 Å². The Morgan fingerprint density at radius 1 is 1.25 bits per heavy atom. The minimum Gasteiger partial charge on any atom is -0.481 e. The van der Waals surface area contributed by atoms with Crippen LogP contribution in [0, 0.1) is 11.3 Å². The molecule has 0 spiro atoms. The van der Waals surface area contributed by atoms with Gasteiger partial charge in [0.1, 0.15) is 0 Å². The first-order valence-electron chi connectivity index (χ1n) is 7.51. The van der Waals surface area contributed by atoms with E-state index >= 15 is 0 Å². The van der Waals surface area contributed by atoms with E-state index in [2.05, 4.69) is 10.2 Å². The fourth-order valence-electron chi connectivity index (χ4n) is 2.58. The minimum atomic E-state index is -1.00. The lowest BCUT2D eigenvalue weighted by atomic mass is 9.76. The third-order valence-electron chi connectivity index (χ3n) is 4.43. The van der Waals surface area contributed by atoms with Crippen molar-refractivity contribution in [3.05, 3.63) is 0 Å². The fourth-order valence-corrected chi connectivity index (χ4v) is 2.58. The Morgan fingerprint density at radius 3 is 2.25 bits per heavy atom. The molecule has 0 bridgehead atoms. The maximum absolute atomic E-state index is 12.1. The van der Waals surface area contributed by atoms with Crippen LogP contribution in [0.1, 0.15) is 47.0 Å². The van der Waals surface area contributed by atoms with Crippen LogP contribution in [0.2, 0.25) is 0 Å². The Morgan fingerprint density at radius 2 is 1.80 bits per heavy atom. The van der Waals surface area contributed by atoms with Gasteiger partial charge in [-0.2, -0.15) is 0 Å². The van der Waals surface area contributed by atoms with Gasteiger partial charge in [-0.1, -0.05) is 13.8 Å². The van der Waals surface area contributed by atoms with Crippen molar-refractivity contribution in [1.82, 2.24) is 10.2 Å². The SMILES string of the molecule is CC(CN1CCCC1)NC(=O)CC(C)(C(=O)O)C(C)C. The number of rotatable bonds is 7. The van der Waals surface area contributed by atoms with E-state index in [0.717, 1.165) is 19.6 Å². The standard InChI is InChI=1S/C15H28N2O3/c1-11(2)15(4,14(19)20)9-13(18)16-12(3)10-17-7-5-6-8-17/h11-12H,5-10H2,1-4H3,(H,16,18)(H,19,20). The maximum Gasteiger partial charge on any atom is 0.310 e. The van der Waals surface area contributed by atoms with Crippen LogP contribution in [0.25, 0.3) is 0 Å². The molecule has 116 valence electrons. The summed E-state index contributed by atoms with van der Waals surface area (Å²) in [5.74, 6) is -1.16. The molecule has 1 aliphatic rings. The highest BCUT2D eigenvalue weighted by atomic mass is 16.4. The van der Waals surface area contributed by atoms with Gasteiger partial charge in [-0.05, 0) is 45.7 Å². The monoisotopic (exact) mass is 284 g/mol. The number of carbonyl (C=O) groups is 2. The summed E-state index contributed by atoms with van der Waals surface area (Å²) in [5.41, 5.74) is -1.00. The smallest absolute Gasteiger partial charge is 0.310 e. The molecule has 1 amide bonds. The Balaban J connectivity index is 2.46. The zero-order chi connectivity index (χ0) is 15.3. The maximum atomic E-state index is 12.1. The average Bonchev–Trinajstić information content (AvgIpc) is 2.80. The van der Waals surface area contributed by atoms with Crippen LogP contribution in [0.15, 0.2) is 0 Å². The molecule has 0 aliphatic carbocycles. The molecule has 1 rings (SSSR count). The number of nitrogens with zero attached hydrogens (tertiary/aromatic N) is 1. The summed E-state index contributed by atoms with van der Waals surface area (Å²) in [6.07, 6.45) is 2.49. The van der Waals surface area contributed by atoms with Crippen molar-refractivity contribution in [2.24, 2.45) is 11.3 Å². The van der Waals surface area contributed by atoms with Gasteiger partial charge >= 0.3 is 5.97 Å². The van der Waals surface area contributed by atoms with E-state index in [1.54, 1.807) is 6.92 Å². The van der Waals surface area contributed by atoms with Gasteiger partial charge < -0.3 is 15.3 Å². The van der Waals surface area contributed by atoms with Crippen molar-refractivity contribution in [3.63, 3.8) is 0 Å². The Kier molecular flexibility index (Phi) is 5.99. The summed E-state index contributed by atoms with van der Waals surface area (Å²) in [6.45, 7) is 10.3. The first kappa shape index (κ1) is 17.0. The van der Waals surface area contributed by atoms with Crippen LogP contribution < -0.4 is 5.32 Å². The predicted molar refractivity (Wildman–Crippen MR) is 78.5 cm³/mol. The molecule has 5 nitrogen and oxygen atoms in total. The zero-order valence-electron chi connectivity index (χ0n) is 13.1. The van der Waals surface area contributed by atoms with E-state index in [0.29, 0.717) is 0 Å². The lowest BCUT2D eigenvalue weighted by Gasteiger charge is -2.29. The van der Waals surface area contributed by atoms with Crippen LogP contribution in [0.4, 0.5) is 0 Å². The molecular weight excluding hydrogens is 256 g/mol. The van der Waals surface area contributed by atoms with Crippen molar-refractivity contribution in [2.75, 3.05) is 19.6 Å². The Hall–Kier alpha value is -1.10. The second-order valence-electron chi connectivity index (χ2n) is 6.53. The van der Waals surface area contributed by atoms with Crippen LogP contribution in [0.5, 0.6) is 0 Å². The minimum absolute atomic E-state index is 0.0321. The summed E-state index contributed by atoms with van der Waals surface area (Å²) < 4.78 is 0. The molecular formula is C15H28N2O3. The molecule has 1 heterocycles. The number of nitrogens with one attached hydrogen (secondary N) is 1. The number of carboxylic acid groups (broad SMARTS) is 1. The van der Waals surface area contributed by atoms with E-state index in [-0.39, 0.29) is 24.3 Å². The third kappa shape index (κ3) is 4.47. The van der Waals surface area contributed by atoms with Gasteiger partial charge in [0.2, 0.25) is 5.91 Å². The number of carbonyl (C=O) groups excluding carboxylic acids is 1. The normalized spacial score (nSPS) is 20.6. The van der Waals surface area contributed by atoms with E-state index in [1.807, 2.05) is 20.8 Å². The molecule has 1 aliphatic heterocycles. The highest BCUT2D eigenvalue weighted by Crippen LogP contribution is 2.31. The van der Waals surface area contributed by atoms with Crippen molar-refractivity contribution in [2.45, 2.75) is 53.0 Å². The van der Waals surface area contributed by atoms with Crippen LogP contribution in [-0.2, 0) is 9.59 Å². The summed E-state index contributed by atoms with van der Waals surface area (Å²) in [7, 11) is 0. The van der Waals surface area contributed by atoms with Crippen molar-refractivity contribution in [1.29, 1.82) is 0 Å². The molecule has 0 aromatic rings. The molecule has 0 radical (unpaired) electrons. The van der Waals surface area contributed by atoms with E-state index in [4.69, 9.17) is 0 Å². The molecule has 1 fully saturated rings. The quantitative estimate of drug-likeness (QED) is 0.747. The van der Waals surface area contributed by atoms with Gasteiger partial charge in [-0.3, -0.25) is 9.59 Å². The summed E-state index contributed by atoms with van der Waals surface area (Å²) in [4.78, 5) is 25.8. The molecule has 2 N–H and O–H groups in total. The third-order valence-corrected chi connectivity index (χ3v) is 4.43. The molecule has 1 saturated heterocycles. The van der Waals surface area contributed by atoms with E-state index in [1.165, 1.54) is 12.8 Å². The van der Waals surface area contributed by atoms with Crippen molar-refractivity contribution >= 4 is 11.9 Å². The van der Waals surface area contributed by atoms with Crippen LogP contribution in [-0.4, -0.2) is 47.6 Å². The van der Waals surface area contributed by atoms with Gasteiger partial charge in [-0.25, -0.2) is 0 Å². The molecule has 2 unspecified atom stereocenters. The van der Waals surface area contributed by atoms with Crippen LogP contribution in [0.3, 0.4) is 0 Å². The number of hydrogen-bond donors (Lipinski definition) is 2. The second-order valence-corrected chi connectivity index (χ2v) is 6.53. The number of likely N-dealkylation sites (tertiary alicyclic amines) is 1. The zero-order valence-corrected chi connectivity index (χ0v) is 13.1. The first-order chi connectivity index (χ1) is 9.25. The summed E-state index contributed by atoms with van der Waals surface area (Å²) >= 11 is 0. The fraction of sp³-hybridized carbons (Fsp3) is 0.867. The average molecular weight is 284 g/mol. The number of amides is 1. The molecule has 2 atom stereocenters. The van der Waals surface area contributed by atoms with Gasteiger partial charge in [0.05, 0.1) is 5.41 Å². The summed E-state index contributed by atoms with van der Waals surface area (Å²) in [5, 5.41) is 12.3. The van der Waals surface area contributed by atoms with E-state index < -0.39 is 11.4 Å². The highest BCUT2D eigenvalue weighted by molar-refractivity contribution is 5.85. The Bertz CT molecular complexity index is 351. The van der Waals surface area contributed by atoms with Gasteiger partial charge in [0.25, 0.3) is 0 Å². The van der Waals surface area contributed by atoms with Crippen LogP contribution >= 0.6 is 0 Å². The first-order valence-corrected chi connectivity index (χ1v) is 7.51. The largest absolute Gasteiger partial charge is 0.481 e. The second kappa shape index (κ2) is 7.07. The summed E-state index contributed by atoms with van der Waals surface area (Å²) in [6, 6.07) is 0.0609. The van der Waals surface area contributed by atoms with Crippen molar-refractivity contribution in [3.8, 4) is 0 Å². The van der Waals surface area contributed by atoms with Gasteiger partial charge in [0.15, 0.2) is 0 Å². The van der Waals surface area contributed by atoms with Gasteiger partial charge in [-0.15, -0.1) is 0 Å². The number of hydrogen-bond acceptors (Lipinski definition) is 3. The van der Waals surface area contributed by atoms with Gasteiger partial charge in [0, 0.05) is 19.0 Å². The molecule has 0 aromatic carbocycles. The number of carboxylic acids is 1. The van der Waals surface area contributed by atoms with E-state index in [9.17, 15) is 14.7 Å². The lowest BCUT2D eigenvalue weighted by Crippen LogP contribution is -2.45. The number of aliphatic carboxylic acids is 1. The molecule has 20 heavy (non-hydrogen) atoms. The topological polar surface area (TPSA) is 69.6 Å². The molecule has 0 saturated carbocycles.